The van der Waals surface area contributed by atoms with Crippen LogP contribution in [0.2, 0.25) is 0 Å². The molecule has 2 atom stereocenters. The van der Waals surface area contributed by atoms with Gasteiger partial charge in [0.05, 0.1) is 32.3 Å². The zero-order valence-electron chi connectivity index (χ0n) is 28.0. The second-order valence-corrected chi connectivity index (χ2v) is 15.2. The fraction of sp³-hybridized carbons (Fsp3) is 0.378. The van der Waals surface area contributed by atoms with Gasteiger partial charge in [0.1, 0.15) is 29.2 Å². The van der Waals surface area contributed by atoms with Crippen molar-refractivity contribution in [2.45, 2.75) is 64.0 Å². The second kappa shape index (κ2) is 22.2. The van der Waals surface area contributed by atoms with Crippen LogP contribution in [0.3, 0.4) is 0 Å². The van der Waals surface area contributed by atoms with Crippen molar-refractivity contribution in [2.75, 3.05) is 25.6 Å². The van der Waals surface area contributed by atoms with E-state index in [4.69, 9.17) is 9.47 Å². The van der Waals surface area contributed by atoms with E-state index in [1.54, 1.807) is 6.92 Å². The largest absolute Gasteiger partial charge is 1.00 e. The van der Waals surface area contributed by atoms with Crippen molar-refractivity contribution in [3.8, 4) is 0 Å². The molecule has 0 aliphatic heterocycles. The summed E-state index contributed by atoms with van der Waals surface area (Å²) in [6.07, 6.45) is 2.14. The maximum absolute atomic E-state index is 13.0. The van der Waals surface area contributed by atoms with E-state index in [2.05, 4.69) is 96.1 Å². The van der Waals surface area contributed by atoms with Crippen molar-refractivity contribution in [1.29, 1.82) is 0 Å². The average Bonchev–Trinajstić information content (AvgIpc) is 3.12. The number of ketones is 1. The maximum atomic E-state index is 13.0. The molecule has 0 bridgehead atoms. The molecule has 0 saturated carbocycles. The summed E-state index contributed by atoms with van der Waals surface area (Å²) in [5.74, 6) is -2.23. The molecule has 2 amide bonds. The zero-order valence-corrected chi connectivity index (χ0v) is 31.4. The summed E-state index contributed by atoms with van der Waals surface area (Å²) in [5, 5.41) is 9.16. The minimum absolute atomic E-state index is 0. The average molecular weight is 774 g/mol. The lowest BCUT2D eigenvalue weighted by Gasteiger charge is -2.27. The van der Waals surface area contributed by atoms with Crippen LogP contribution in [0, 0.1) is 0 Å². The highest BCUT2D eigenvalue weighted by atomic mass is 79.9. The van der Waals surface area contributed by atoms with Gasteiger partial charge < -0.3 is 37.1 Å². The lowest BCUT2D eigenvalue weighted by Crippen LogP contribution is -3.00. The van der Waals surface area contributed by atoms with E-state index in [1.807, 2.05) is 18.2 Å². The van der Waals surface area contributed by atoms with Gasteiger partial charge in [-0.05, 0) is 62.6 Å². The predicted octanol–water partition coefficient (Wildman–Crippen LogP) is 0.920. The number of benzene rings is 3. The van der Waals surface area contributed by atoms with E-state index in [1.165, 1.54) is 23.0 Å². The number of rotatable bonds is 20. The van der Waals surface area contributed by atoms with Gasteiger partial charge in [0, 0.05) is 25.0 Å². The molecule has 2 unspecified atom stereocenters. The number of nitrogens with one attached hydrogen (secondary N) is 2. The van der Waals surface area contributed by atoms with Gasteiger partial charge in [0.2, 0.25) is 11.8 Å². The Kier molecular flexibility index (Phi) is 18.9. The molecule has 264 valence electrons. The number of amides is 2. The number of methoxy groups -OCH3 is 1. The first-order valence-electron chi connectivity index (χ1n) is 16.3. The molecular formula is C37H46BrN2O7PS. The van der Waals surface area contributed by atoms with Gasteiger partial charge in [-0.25, -0.2) is 4.79 Å². The third-order valence-electron chi connectivity index (χ3n) is 8.01. The Morgan fingerprint density at radius 2 is 1.18 bits per heavy atom. The molecule has 0 aromatic heterocycles. The lowest BCUT2D eigenvalue weighted by molar-refractivity contribution is -0.145. The van der Waals surface area contributed by atoms with E-state index in [0.29, 0.717) is 6.42 Å². The van der Waals surface area contributed by atoms with Crippen LogP contribution in [0.25, 0.3) is 0 Å². The summed E-state index contributed by atoms with van der Waals surface area (Å²) < 4.78 is 9.73. The summed E-state index contributed by atoms with van der Waals surface area (Å²) in [7, 11) is -0.797. The molecule has 0 saturated heterocycles. The summed E-state index contributed by atoms with van der Waals surface area (Å²) in [6.45, 7) is 1.90. The molecule has 49 heavy (non-hydrogen) atoms. The third kappa shape index (κ3) is 12.7. The van der Waals surface area contributed by atoms with E-state index >= 15 is 0 Å². The topological polar surface area (TPSA) is 128 Å². The Hall–Kier alpha value is -3.53. The van der Waals surface area contributed by atoms with Crippen LogP contribution in [-0.4, -0.2) is 67.3 Å². The molecule has 2 N–H and O–H groups in total. The fourth-order valence-corrected chi connectivity index (χ4v) is 10.3. The number of hydrogen-bond donors (Lipinski definition) is 3. The Labute approximate surface area is 305 Å². The van der Waals surface area contributed by atoms with E-state index in [0.717, 1.165) is 12.6 Å². The van der Waals surface area contributed by atoms with Crippen LogP contribution in [0.1, 0.15) is 51.9 Å². The van der Waals surface area contributed by atoms with Crippen LogP contribution >= 0.6 is 19.9 Å². The summed E-state index contributed by atoms with van der Waals surface area (Å²) in [4.78, 5) is 62.3. The number of unbranched alkanes of at least 4 members (excludes halogenated alkanes) is 1. The molecule has 0 aliphatic carbocycles. The second-order valence-electron chi connectivity index (χ2n) is 11.3. The predicted molar refractivity (Wildman–Crippen MR) is 194 cm³/mol. The van der Waals surface area contributed by atoms with Gasteiger partial charge in [0.25, 0.3) is 0 Å². The number of ether oxygens (including phenoxy) is 2. The molecule has 0 spiro atoms. The van der Waals surface area contributed by atoms with Gasteiger partial charge in [0.15, 0.2) is 5.78 Å². The number of thiol groups is 1. The van der Waals surface area contributed by atoms with Crippen LogP contribution in [-0.2, 0) is 33.4 Å². The van der Waals surface area contributed by atoms with Crippen molar-refractivity contribution >= 4 is 65.3 Å². The minimum atomic E-state index is -2.02. The monoisotopic (exact) mass is 772 g/mol. The van der Waals surface area contributed by atoms with Crippen LogP contribution in [0.5, 0.6) is 0 Å². The standard InChI is InChI=1S/C37H45N2O7PS.BrH/c1-3-46-36(43)25-23-33(40)32(27-48)39-35(42)24-22-31(37(44)45-2)38-34(41)21-13-14-26-47(28-15-7-4-8-16-28,29-17-9-5-10-18-29)30-19-11-6-12-20-30;/h4-12,15-20,31-32H,3,13-14,21-27H2,1-2H3,(H2-,38,39,41,42,48);1H. The third-order valence-corrected chi connectivity index (χ3v) is 12.9. The van der Waals surface area contributed by atoms with Crippen LogP contribution in [0.15, 0.2) is 91.0 Å². The highest BCUT2D eigenvalue weighted by Crippen LogP contribution is 2.55. The lowest BCUT2D eigenvalue weighted by atomic mass is 10.1. The van der Waals surface area contributed by atoms with Gasteiger partial charge in [-0.3, -0.25) is 19.2 Å². The highest BCUT2D eigenvalue weighted by molar-refractivity contribution is 7.95. The first kappa shape index (κ1) is 41.6. The quantitative estimate of drug-likeness (QED) is 0.0675. The maximum Gasteiger partial charge on any atom is 0.328 e. The molecule has 3 rings (SSSR count). The Morgan fingerprint density at radius 3 is 1.65 bits per heavy atom. The smallest absolute Gasteiger partial charge is 0.328 e. The Bertz CT molecular complexity index is 1390. The molecule has 3 aromatic carbocycles. The Balaban J connectivity index is 0.00000833. The number of halogens is 1. The van der Waals surface area contributed by atoms with Gasteiger partial charge in [-0.1, -0.05) is 54.6 Å². The number of esters is 2. The van der Waals surface area contributed by atoms with Gasteiger partial charge in [-0.15, -0.1) is 0 Å². The first-order valence-corrected chi connectivity index (χ1v) is 18.9. The van der Waals surface area contributed by atoms with E-state index in [-0.39, 0.29) is 73.1 Å². The molecular weight excluding hydrogens is 727 g/mol. The first-order chi connectivity index (χ1) is 23.2. The SMILES string of the molecule is CCOC(=O)CCC(=O)C(CS)NC(=O)CCC(NC(=O)CCCC[P+](c1ccccc1)(c1ccccc1)c1ccccc1)C(=O)OC.[Br-]. The van der Waals surface area contributed by atoms with Crippen LogP contribution < -0.4 is 43.5 Å². The number of hydrogen-bond acceptors (Lipinski definition) is 8. The van der Waals surface area contributed by atoms with Gasteiger partial charge in [-0.2, -0.15) is 12.6 Å². The molecule has 9 nitrogen and oxygen atoms in total. The fourth-order valence-electron chi connectivity index (χ4n) is 5.58. The molecule has 0 fully saturated rings. The molecule has 3 aromatic rings. The summed E-state index contributed by atoms with van der Waals surface area (Å²) >= 11 is 4.16. The minimum Gasteiger partial charge on any atom is -1.00 e. The number of carbonyl (C=O) groups excluding carboxylic acids is 5. The van der Waals surface area contributed by atoms with Crippen molar-refractivity contribution in [2.24, 2.45) is 0 Å². The van der Waals surface area contributed by atoms with Gasteiger partial charge >= 0.3 is 11.9 Å². The molecule has 0 radical (unpaired) electrons. The number of carbonyl (C=O) groups is 5. The Morgan fingerprint density at radius 1 is 0.694 bits per heavy atom. The van der Waals surface area contributed by atoms with Crippen molar-refractivity contribution < 1.29 is 50.4 Å². The normalized spacial score (nSPS) is 12.1. The van der Waals surface area contributed by atoms with E-state index in [9.17, 15) is 24.0 Å². The highest BCUT2D eigenvalue weighted by Gasteiger charge is 2.44. The van der Waals surface area contributed by atoms with Crippen molar-refractivity contribution in [3.05, 3.63) is 91.0 Å². The molecule has 0 heterocycles. The summed E-state index contributed by atoms with van der Waals surface area (Å²) in [5.41, 5.74) is 0. The molecule has 12 heteroatoms. The van der Waals surface area contributed by atoms with Crippen molar-refractivity contribution in [1.82, 2.24) is 10.6 Å². The van der Waals surface area contributed by atoms with Crippen molar-refractivity contribution in [3.63, 3.8) is 0 Å². The van der Waals surface area contributed by atoms with Crippen LogP contribution in [0.4, 0.5) is 0 Å². The summed E-state index contributed by atoms with van der Waals surface area (Å²) in [6, 6.07) is 29.7. The van der Waals surface area contributed by atoms with E-state index < -0.39 is 37.2 Å². The number of Topliss-reactive ketones (excluding diaryl/α,β-unsaturated/α-hetero) is 1. The molecule has 0 aliphatic rings. The zero-order chi connectivity index (χ0) is 34.8.